The number of halogens is 5. The molecule has 0 aliphatic rings. The largest absolute Gasteiger partial charge is 0.480 e. The van der Waals surface area contributed by atoms with E-state index in [0.717, 1.165) is 19.1 Å². The number of aryl methyl sites for hydroxylation is 2. The van der Waals surface area contributed by atoms with Gasteiger partial charge in [0.15, 0.2) is 6.10 Å². The van der Waals surface area contributed by atoms with Crippen molar-refractivity contribution in [3.63, 3.8) is 0 Å². The Labute approximate surface area is 196 Å². The summed E-state index contributed by atoms with van der Waals surface area (Å²) in [5.41, 5.74) is 0.0978. The molecule has 1 aromatic carbocycles. The van der Waals surface area contributed by atoms with Gasteiger partial charge in [0, 0.05) is 5.56 Å². The standard InChI is InChI=1S/C21H20ClF4N5O3/c1-8-17(10(3)32)28-15(7-27-8)12-6-16(34-11(4)21(24,25)26)13(5-14(12)23)20(33)29-18-9(2)30-31-19(18)22/h5-7,10-11,32H,1-4H3,(H,29,33)(H,30,31)/t10-,11+/m1/s1. The molecular formula is C21H20ClF4N5O3. The van der Waals surface area contributed by atoms with Gasteiger partial charge in [-0.2, -0.15) is 18.3 Å². The normalized spacial score (nSPS) is 13.5. The first kappa shape index (κ1) is 25.4. The number of aromatic nitrogens is 4. The third-order valence-corrected chi connectivity index (χ3v) is 5.16. The molecule has 0 aliphatic heterocycles. The van der Waals surface area contributed by atoms with Crippen LogP contribution in [-0.2, 0) is 0 Å². The summed E-state index contributed by atoms with van der Waals surface area (Å²) in [5.74, 6) is -2.49. The molecule has 0 radical (unpaired) electrons. The molecule has 13 heteroatoms. The number of aromatic amines is 1. The molecule has 0 unspecified atom stereocenters. The van der Waals surface area contributed by atoms with E-state index in [2.05, 4.69) is 25.5 Å². The molecule has 8 nitrogen and oxygen atoms in total. The fourth-order valence-corrected chi connectivity index (χ4v) is 3.23. The number of ether oxygens (including phenoxy) is 1. The first-order chi connectivity index (χ1) is 15.8. The van der Waals surface area contributed by atoms with Crippen LogP contribution in [0.1, 0.15) is 47.4 Å². The number of nitrogens with zero attached hydrogens (tertiary/aromatic N) is 3. The number of rotatable bonds is 6. The van der Waals surface area contributed by atoms with Crippen molar-refractivity contribution in [1.29, 1.82) is 0 Å². The van der Waals surface area contributed by atoms with Crippen molar-refractivity contribution in [2.75, 3.05) is 5.32 Å². The molecule has 0 saturated heterocycles. The van der Waals surface area contributed by atoms with Crippen LogP contribution < -0.4 is 10.1 Å². The predicted octanol–water partition coefficient (Wildman–Crippen LogP) is 4.91. The van der Waals surface area contributed by atoms with E-state index in [1.807, 2.05) is 0 Å². The molecule has 3 N–H and O–H groups in total. The number of amides is 1. The molecule has 0 fully saturated rings. The molecule has 1 amide bonds. The lowest BCUT2D eigenvalue weighted by molar-refractivity contribution is -0.189. The Morgan fingerprint density at radius 2 is 1.91 bits per heavy atom. The number of carbonyl (C=O) groups is 1. The monoisotopic (exact) mass is 501 g/mol. The van der Waals surface area contributed by atoms with Gasteiger partial charge < -0.3 is 15.2 Å². The summed E-state index contributed by atoms with van der Waals surface area (Å²) in [6.07, 6.45) is -6.89. The van der Waals surface area contributed by atoms with Gasteiger partial charge >= 0.3 is 6.18 Å². The molecule has 3 rings (SSSR count). The first-order valence-electron chi connectivity index (χ1n) is 9.90. The van der Waals surface area contributed by atoms with Crippen LogP contribution >= 0.6 is 11.6 Å². The van der Waals surface area contributed by atoms with E-state index in [0.29, 0.717) is 11.4 Å². The number of hydrogen-bond acceptors (Lipinski definition) is 6. The molecule has 34 heavy (non-hydrogen) atoms. The second-order valence-electron chi connectivity index (χ2n) is 7.48. The minimum atomic E-state index is -4.75. The van der Waals surface area contributed by atoms with Crippen LogP contribution in [0.15, 0.2) is 18.3 Å². The fraction of sp³-hybridized carbons (Fsp3) is 0.333. The van der Waals surface area contributed by atoms with Crippen molar-refractivity contribution in [2.45, 2.75) is 46.1 Å². The smallest absolute Gasteiger partial charge is 0.425 e. The number of aliphatic hydroxyl groups is 1. The Hall–Kier alpha value is -3.25. The highest BCUT2D eigenvalue weighted by molar-refractivity contribution is 6.33. The molecule has 182 valence electrons. The second-order valence-corrected chi connectivity index (χ2v) is 7.86. The number of aliphatic hydroxyl groups excluding tert-OH is 1. The van der Waals surface area contributed by atoms with E-state index in [4.69, 9.17) is 16.3 Å². The van der Waals surface area contributed by atoms with Crippen LogP contribution in [-0.4, -0.2) is 43.5 Å². The Morgan fingerprint density at radius 1 is 1.24 bits per heavy atom. The Morgan fingerprint density at radius 3 is 2.47 bits per heavy atom. The third kappa shape index (κ3) is 5.28. The van der Waals surface area contributed by atoms with Crippen LogP contribution in [0, 0.1) is 19.7 Å². The van der Waals surface area contributed by atoms with Gasteiger partial charge in [0.05, 0.1) is 40.6 Å². The van der Waals surface area contributed by atoms with E-state index in [1.165, 1.54) is 20.0 Å². The minimum absolute atomic E-state index is 0.0188. The molecule has 0 spiro atoms. The summed E-state index contributed by atoms with van der Waals surface area (Å²) in [5, 5.41) is 18.5. The highest BCUT2D eigenvalue weighted by atomic mass is 35.5. The molecule has 2 aromatic heterocycles. The maximum Gasteiger partial charge on any atom is 0.425 e. The zero-order chi connectivity index (χ0) is 25.4. The van der Waals surface area contributed by atoms with Crippen LogP contribution in [0.25, 0.3) is 11.3 Å². The average Bonchev–Trinajstić information content (AvgIpc) is 3.06. The molecule has 3 aromatic rings. The summed E-state index contributed by atoms with van der Waals surface area (Å²) in [4.78, 5) is 21.1. The summed E-state index contributed by atoms with van der Waals surface area (Å²) in [6.45, 7) is 5.30. The summed E-state index contributed by atoms with van der Waals surface area (Å²) in [7, 11) is 0. The number of anilines is 1. The van der Waals surface area contributed by atoms with Crippen LogP contribution in [0.4, 0.5) is 23.2 Å². The van der Waals surface area contributed by atoms with E-state index in [-0.39, 0.29) is 27.8 Å². The fourth-order valence-electron chi connectivity index (χ4n) is 3.00. The van der Waals surface area contributed by atoms with Gasteiger partial charge in [0.2, 0.25) is 0 Å². The summed E-state index contributed by atoms with van der Waals surface area (Å²) in [6, 6.07) is 1.66. The molecule has 0 aliphatic carbocycles. The van der Waals surface area contributed by atoms with Gasteiger partial charge in [-0.3, -0.25) is 14.9 Å². The maximum atomic E-state index is 15.1. The Bertz CT molecular complexity index is 1210. The third-order valence-electron chi connectivity index (χ3n) is 4.88. The van der Waals surface area contributed by atoms with Gasteiger partial charge in [-0.1, -0.05) is 11.6 Å². The van der Waals surface area contributed by atoms with Crippen molar-refractivity contribution < 1.29 is 32.2 Å². The maximum absolute atomic E-state index is 15.1. The number of benzene rings is 1. The number of hydrogen-bond donors (Lipinski definition) is 3. The van der Waals surface area contributed by atoms with Crippen molar-refractivity contribution in [2.24, 2.45) is 0 Å². The second kappa shape index (κ2) is 9.55. The van der Waals surface area contributed by atoms with Crippen molar-refractivity contribution >= 4 is 23.2 Å². The van der Waals surface area contributed by atoms with E-state index < -0.39 is 41.4 Å². The predicted molar refractivity (Wildman–Crippen MR) is 115 cm³/mol. The highest BCUT2D eigenvalue weighted by Gasteiger charge is 2.39. The van der Waals surface area contributed by atoms with Crippen LogP contribution in [0.5, 0.6) is 5.75 Å². The zero-order valence-electron chi connectivity index (χ0n) is 18.4. The van der Waals surface area contributed by atoms with Crippen molar-refractivity contribution in [3.05, 3.63) is 51.9 Å². The van der Waals surface area contributed by atoms with Crippen molar-refractivity contribution in [1.82, 2.24) is 20.2 Å². The number of carbonyl (C=O) groups excluding carboxylic acids is 1. The average molecular weight is 502 g/mol. The number of alkyl halides is 3. The Kier molecular flexibility index (Phi) is 7.13. The van der Waals surface area contributed by atoms with E-state index >= 15 is 4.39 Å². The molecule has 2 atom stereocenters. The lowest BCUT2D eigenvalue weighted by Crippen LogP contribution is -2.32. The van der Waals surface area contributed by atoms with E-state index in [9.17, 15) is 23.1 Å². The SMILES string of the molecule is Cc1ncc(-c2cc(O[C@@H](C)C(F)(F)F)c(C(=O)Nc3c(C)n[nH]c3Cl)cc2F)nc1[C@@H](C)O. The van der Waals surface area contributed by atoms with Gasteiger partial charge in [-0.25, -0.2) is 9.37 Å². The lowest BCUT2D eigenvalue weighted by atomic mass is 10.1. The van der Waals surface area contributed by atoms with Crippen LogP contribution in [0.2, 0.25) is 5.15 Å². The molecular weight excluding hydrogens is 482 g/mol. The van der Waals surface area contributed by atoms with Gasteiger partial charge in [-0.15, -0.1) is 0 Å². The topological polar surface area (TPSA) is 113 Å². The zero-order valence-corrected chi connectivity index (χ0v) is 19.1. The first-order valence-corrected chi connectivity index (χ1v) is 10.3. The highest BCUT2D eigenvalue weighted by Crippen LogP contribution is 2.34. The summed E-state index contributed by atoms with van der Waals surface area (Å²) < 4.78 is 59.7. The van der Waals surface area contributed by atoms with E-state index in [1.54, 1.807) is 6.92 Å². The number of H-pyrrole nitrogens is 1. The van der Waals surface area contributed by atoms with Gasteiger partial charge in [0.1, 0.15) is 22.4 Å². The molecule has 0 bridgehead atoms. The van der Waals surface area contributed by atoms with Crippen LogP contribution in [0.3, 0.4) is 0 Å². The number of nitrogens with one attached hydrogen (secondary N) is 2. The lowest BCUT2D eigenvalue weighted by Gasteiger charge is -2.20. The van der Waals surface area contributed by atoms with Crippen molar-refractivity contribution in [3.8, 4) is 17.0 Å². The van der Waals surface area contributed by atoms with Gasteiger partial charge in [-0.05, 0) is 39.8 Å². The quantitative estimate of drug-likeness (QED) is 0.414. The molecule has 2 heterocycles. The Balaban J connectivity index is 2.12. The summed E-state index contributed by atoms with van der Waals surface area (Å²) >= 11 is 5.93. The molecule has 0 saturated carbocycles. The van der Waals surface area contributed by atoms with Gasteiger partial charge in [0.25, 0.3) is 5.91 Å². The minimum Gasteiger partial charge on any atom is -0.480 e.